The van der Waals surface area contributed by atoms with Gasteiger partial charge >= 0.3 is 6.03 Å². The Bertz CT molecular complexity index is 2200. The lowest BCUT2D eigenvalue weighted by Crippen LogP contribution is -2.71. The van der Waals surface area contributed by atoms with E-state index < -0.39 is 6.04 Å². The zero-order valence-electron chi connectivity index (χ0n) is 34.0. The molecule has 3 N–H and O–H groups in total. The second-order valence-corrected chi connectivity index (χ2v) is 18.2. The van der Waals surface area contributed by atoms with E-state index in [0.717, 1.165) is 68.9 Å². The minimum atomic E-state index is -0.612. The molecule has 7 heterocycles. The smallest absolute Gasteiger partial charge is 0.320 e. The Hall–Kier alpha value is -5.15. The number of hydrogen-bond acceptors (Lipinski definition) is 11. The molecule has 0 spiro atoms. The van der Waals surface area contributed by atoms with Crippen LogP contribution in [0.4, 0.5) is 22.0 Å². The molecule has 4 saturated heterocycles. The fraction of sp³-hybridized carbons (Fsp3) is 0.535. The summed E-state index contributed by atoms with van der Waals surface area (Å²) in [4.78, 5) is 65.0. The molecule has 6 aliphatic rings. The van der Waals surface area contributed by atoms with Gasteiger partial charge in [0.05, 0.1) is 27.5 Å². The van der Waals surface area contributed by atoms with Crippen LogP contribution in [0.3, 0.4) is 0 Å². The Labute approximate surface area is 349 Å². The molecule has 5 amide bonds. The Kier molecular flexibility index (Phi) is 10.1. The van der Waals surface area contributed by atoms with Crippen LogP contribution in [-0.4, -0.2) is 141 Å². The second-order valence-electron chi connectivity index (χ2n) is 17.8. The third-order valence-corrected chi connectivity index (χ3v) is 14.0. The van der Waals surface area contributed by atoms with Crippen molar-refractivity contribution in [2.75, 3.05) is 80.6 Å². The molecule has 2 atom stereocenters. The number of phenolic OH excluding ortho intramolecular Hbond substituents is 1. The van der Waals surface area contributed by atoms with Crippen molar-refractivity contribution < 1.29 is 24.3 Å². The molecule has 3 aromatic rings. The highest BCUT2D eigenvalue weighted by atomic mass is 35.5. The van der Waals surface area contributed by atoms with Crippen LogP contribution in [-0.2, 0) is 16.1 Å². The van der Waals surface area contributed by atoms with Gasteiger partial charge in [-0.05, 0) is 81.3 Å². The normalized spacial score (nSPS) is 24.7. The van der Waals surface area contributed by atoms with Gasteiger partial charge in [0.15, 0.2) is 5.82 Å². The van der Waals surface area contributed by atoms with Crippen LogP contribution in [0.25, 0.3) is 11.3 Å². The van der Waals surface area contributed by atoms with Gasteiger partial charge in [-0.25, -0.2) is 4.79 Å². The Morgan fingerprint density at radius 2 is 1.76 bits per heavy atom. The number of aromatic nitrogens is 2. The quantitative estimate of drug-likeness (QED) is 0.303. The van der Waals surface area contributed by atoms with Crippen molar-refractivity contribution in [1.29, 1.82) is 0 Å². The number of nitrogens with zero attached hydrogens (tertiary/aromatic N) is 8. The van der Waals surface area contributed by atoms with Crippen LogP contribution in [0, 0.1) is 5.92 Å². The SMILES string of the molecule is CCC12CNc3nnc(-c4cccc(Cl)c4O)cc3N1CCN(C(=O)N1CCN(CC3CCN(c4ccc5c(c4)C(=O)N([C@H]4CCC(=O)NC4=O)C5)CC3)CC1(C)C)C2. The molecule has 0 bridgehead atoms. The van der Waals surface area contributed by atoms with E-state index in [4.69, 9.17) is 11.6 Å². The number of imide groups is 1. The van der Waals surface area contributed by atoms with Gasteiger partial charge in [-0.2, -0.15) is 0 Å². The van der Waals surface area contributed by atoms with Gasteiger partial charge in [-0.15, -0.1) is 10.2 Å². The van der Waals surface area contributed by atoms with Gasteiger partial charge in [-0.3, -0.25) is 24.6 Å². The summed E-state index contributed by atoms with van der Waals surface area (Å²) in [5, 5.41) is 25.7. The minimum Gasteiger partial charge on any atom is -0.506 e. The number of amides is 5. The Morgan fingerprint density at radius 3 is 2.53 bits per heavy atom. The van der Waals surface area contributed by atoms with E-state index in [0.29, 0.717) is 74.2 Å². The summed E-state index contributed by atoms with van der Waals surface area (Å²) in [6.45, 7) is 14.5. The van der Waals surface area contributed by atoms with Crippen molar-refractivity contribution in [1.82, 2.24) is 35.1 Å². The number of urea groups is 1. The lowest BCUT2D eigenvalue weighted by molar-refractivity contribution is -0.136. The Morgan fingerprint density at radius 1 is 0.949 bits per heavy atom. The highest BCUT2D eigenvalue weighted by Gasteiger charge is 2.48. The molecule has 0 saturated carbocycles. The van der Waals surface area contributed by atoms with Crippen LogP contribution in [0.15, 0.2) is 42.5 Å². The standard InChI is InChI=1S/C43H53ClN10O5/c1-4-43-24-45-38-35(21-33(47-48-38)30-6-5-7-32(44)37(30)56)53(43)19-17-51(26-43)41(59)54-18-16-49(25-42(54,2)3)22-27-12-14-50(15-13-27)29-9-8-28-23-52(40(58)31(28)20-29)34-10-11-36(55)46-39(34)57/h5-9,20-21,27,34,56H,4,10-19,22-26H2,1-3H3,(H,45,48)(H,46,55,57)/t34-,43?/m0/s1. The monoisotopic (exact) mass is 824 g/mol. The third kappa shape index (κ3) is 7.09. The number of benzene rings is 2. The van der Waals surface area contributed by atoms with E-state index in [9.17, 15) is 24.3 Å². The van der Waals surface area contributed by atoms with Crippen molar-refractivity contribution in [2.24, 2.45) is 5.92 Å². The molecule has 1 unspecified atom stereocenters. The third-order valence-electron chi connectivity index (χ3n) is 13.7. The molecule has 312 valence electrons. The van der Waals surface area contributed by atoms with Crippen molar-refractivity contribution >= 4 is 52.5 Å². The van der Waals surface area contributed by atoms with E-state index >= 15 is 0 Å². The number of fused-ring (bicyclic) bond motifs is 4. The number of aromatic hydroxyl groups is 1. The van der Waals surface area contributed by atoms with Crippen molar-refractivity contribution in [3.63, 3.8) is 0 Å². The number of carbonyl (C=O) groups excluding carboxylic acids is 4. The number of phenols is 1. The van der Waals surface area contributed by atoms with E-state index in [1.807, 2.05) is 23.1 Å². The van der Waals surface area contributed by atoms with Crippen molar-refractivity contribution in [3.8, 4) is 17.0 Å². The molecule has 6 aliphatic heterocycles. The summed E-state index contributed by atoms with van der Waals surface area (Å²) >= 11 is 6.22. The van der Waals surface area contributed by atoms with E-state index in [1.165, 1.54) is 0 Å². The second kappa shape index (κ2) is 15.1. The summed E-state index contributed by atoms with van der Waals surface area (Å²) < 4.78 is 0. The van der Waals surface area contributed by atoms with E-state index in [2.05, 4.69) is 67.3 Å². The van der Waals surface area contributed by atoms with Crippen LogP contribution in [0.1, 0.15) is 68.8 Å². The fourth-order valence-corrected chi connectivity index (χ4v) is 10.5. The molecule has 16 heteroatoms. The maximum atomic E-state index is 14.4. The zero-order chi connectivity index (χ0) is 41.2. The van der Waals surface area contributed by atoms with Crippen LogP contribution < -0.4 is 20.4 Å². The number of nitrogens with one attached hydrogen (secondary N) is 2. The van der Waals surface area contributed by atoms with Gasteiger partial charge in [-0.1, -0.05) is 30.7 Å². The first-order valence-electron chi connectivity index (χ1n) is 21.0. The van der Waals surface area contributed by atoms with Gasteiger partial charge < -0.3 is 34.9 Å². The largest absolute Gasteiger partial charge is 0.506 e. The van der Waals surface area contributed by atoms with Crippen LogP contribution in [0.5, 0.6) is 5.75 Å². The van der Waals surface area contributed by atoms with Gasteiger partial charge in [0.25, 0.3) is 5.91 Å². The number of piperidine rings is 2. The lowest BCUT2D eigenvalue weighted by atomic mass is 9.87. The van der Waals surface area contributed by atoms with Crippen molar-refractivity contribution in [2.45, 2.75) is 76.5 Å². The van der Waals surface area contributed by atoms with Gasteiger partial charge in [0.2, 0.25) is 11.8 Å². The molecule has 15 nitrogen and oxygen atoms in total. The van der Waals surface area contributed by atoms with Crippen LogP contribution >= 0.6 is 11.6 Å². The maximum absolute atomic E-state index is 14.4. The predicted molar refractivity (Wildman–Crippen MR) is 225 cm³/mol. The van der Waals surface area contributed by atoms with E-state index in [1.54, 1.807) is 23.1 Å². The first-order chi connectivity index (χ1) is 28.3. The molecule has 59 heavy (non-hydrogen) atoms. The molecule has 4 fully saturated rings. The summed E-state index contributed by atoms with van der Waals surface area (Å²) in [7, 11) is 0. The summed E-state index contributed by atoms with van der Waals surface area (Å²) in [6, 6.07) is 12.7. The molecule has 0 aliphatic carbocycles. The molecular weight excluding hydrogens is 772 g/mol. The molecule has 2 aromatic carbocycles. The highest BCUT2D eigenvalue weighted by Crippen LogP contribution is 2.43. The molecular formula is C43H53ClN10O5. The first-order valence-corrected chi connectivity index (χ1v) is 21.4. The van der Waals surface area contributed by atoms with Crippen molar-refractivity contribution in [3.05, 3.63) is 58.6 Å². The lowest BCUT2D eigenvalue weighted by Gasteiger charge is -2.56. The summed E-state index contributed by atoms with van der Waals surface area (Å²) in [6.07, 6.45) is 3.51. The molecule has 1 aromatic heterocycles. The van der Waals surface area contributed by atoms with Crippen LogP contribution in [0.2, 0.25) is 5.02 Å². The van der Waals surface area contributed by atoms with Gasteiger partial charge in [0.1, 0.15) is 11.8 Å². The minimum absolute atomic E-state index is 0.0215. The fourth-order valence-electron chi connectivity index (χ4n) is 10.3. The summed E-state index contributed by atoms with van der Waals surface area (Å²) in [5.41, 5.74) is 3.91. The van der Waals surface area contributed by atoms with Gasteiger partial charge in [0, 0.05) is 95.2 Å². The highest BCUT2D eigenvalue weighted by molar-refractivity contribution is 6.32. The Balaban J connectivity index is 0.792. The topological polar surface area (TPSA) is 158 Å². The maximum Gasteiger partial charge on any atom is 0.320 e. The molecule has 0 radical (unpaired) electrons. The van der Waals surface area contributed by atoms with E-state index in [-0.39, 0.29) is 52.0 Å². The average Bonchev–Trinajstić information content (AvgIpc) is 3.55. The first kappa shape index (κ1) is 39.3. The number of rotatable bonds is 6. The number of carbonyl (C=O) groups is 4. The predicted octanol–water partition coefficient (Wildman–Crippen LogP) is 4.39. The number of anilines is 3. The summed E-state index contributed by atoms with van der Waals surface area (Å²) in [5.74, 6) is 0.397. The zero-order valence-corrected chi connectivity index (χ0v) is 34.8. The number of hydrogen-bond donors (Lipinski definition) is 3. The average molecular weight is 825 g/mol. The molecule has 9 rings (SSSR count). The number of para-hydroxylation sites is 1. The number of halogens is 1. The number of piperazine rings is 2.